The molecule has 17 heavy (non-hydrogen) atoms. The van der Waals surface area contributed by atoms with E-state index in [1.54, 1.807) is 0 Å². The predicted molar refractivity (Wildman–Crippen MR) is 39.3 cm³/mol. The van der Waals surface area contributed by atoms with Crippen molar-refractivity contribution in [3.63, 3.8) is 0 Å². The Morgan fingerprint density at radius 3 is 1.35 bits per heavy atom. The van der Waals surface area contributed by atoms with Gasteiger partial charge in [-0.3, -0.25) is 9.59 Å². The van der Waals surface area contributed by atoms with E-state index in [9.17, 15) is 14.4 Å². The van der Waals surface area contributed by atoms with Crippen molar-refractivity contribution in [1.82, 2.24) is 0 Å². The molecule has 0 radical (unpaired) electrons. The zero-order valence-corrected chi connectivity index (χ0v) is 10.2. The number of hydrogen-bond donors (Lipinski definition) is 5. The van der Waals surface area contributed by atoms with Crippen LogP contribution >= 0.6 is 0 Å². The fourth-order valence-corrected chi connectivity index (χ4v) is 0.714. The van der Waals surface area contributed by atoms with Crippen LogP contribution in [0.2, 0.25) is 0 Å². The molecule has 0 rings (SSSR count). The van der Waals surface area contributed by atoms with Crippen LogP contribution in [-0.2, 0) is 14.4 Å². The highest BCUT2D eigenvalue weighted by Gasteiger charge is 2.40. The first kappa shape index (κ1) is 18.3. The molecule has 0 saturated carbocycles. The first-order chi connectivity index (χ1) is 7.51. The second-order valence-corrected chi connectivity index (χ2v) is 3.83. The molecule has 0 fully saturated rings. The van der Waals surface area contributed by atoms with E-state index in [0.717, 1.165) is 0 Å². The molecule has 0 aromatic heterocycles. The van der Waals surface area contributed by atoms with Gasteiger partial charge in [0.15, 0.2) is 5.60 Å². The lowest BCUT2D eigenvalue weighted by Gasteiger charge is -2.18. The van der Waals surface area contributed by atoms with E-state index in [2.05, 4.69) is 0 Å². The molecule has 0 atom stereocenters. The van der Waals surface area contributed by atoms with Crippen molar-refractivity contribution in [2.75, 3.05) is 0 Å². The molecule has 0 amide bonds. The fourth-order valence-electron chi connectivity index (χ4n) is 0.714. The molecule has 0 aromatic carbocycles. The smallest absolute Gasteiger partial charge is 0.481 e. The molecule has 5 N–H and O–H groups in total. The predicted octanol–water partition coefficient (Wildman–Crippen LogP) is -7.18. The lowest BCUT2D eigenvalue weighted by atomic mass is 9.96. The van der Waals surface area contributed by atoms with Gasteiger partial charge in [0, 0.05) is 0 Å². The molecule has 0 bridgehead atoms. The van der Waals surface area contributed by atoms with E-state index in [0.29, 0.717) is 0 Å². The number of carboxylic acid groups (broad SMARTS) is 3. The maximum atomic E-state index is 10.3. The van der Waals surface area contributed by atoms with Gasteiger partial charge < -0.3 is 27.3 Å². The quantitative estimate of drug-likeness (QED) is 0.291. The summed E-state index contributed by atoms with van der Waals surface area (Å²) >= 11 is -3.76. The molecule has 0 aliphatic rings. The molecule has 0 saturated heterocycles. The molecule has 10 nitrogen and oxygen atoms in total. The summed E-state index contributed by atoms with van der Waals surface area (Å²) in [6.07, 6.45) is -2.29. The largest absolute Gasteiger partial charge is 0.503 e. The Kier molecular flexibility index (Phi) is 8.77. The van der Waals surface area contributed by atoms with E-state index in [4.69, 9.17) is 30.7 Å². The van der Waals surface area contributed by atoms with E-state index in [1.807, 2.05) is 0 Å². The van der Waals surface area contributed by atoms with Crippen LogP contribution in [0.4, 0.5) is 0 Å². The zero-order valence-electron chi connectivity index (χ0n) is 8.07. The van der Waals surface area contributed by atoms with Crippen molar-refractivity contribution in [2.24, 2.45) is 0 Å². The van der Waals surface area contributed by atoms with Gasteiger partial charge in [-0.15, -0.1) is 0 Å². The summed E-state index contributed by atoms with van der Waals surface area (Å²) < 4.78 is 24.5. The molecule has 0 heterocycles. The third-order valence-electron chi connectivity index (χ3n) is 1.29. The SMILES string of the molecule is O=C(O)CC(O)(CC(=O)O)C(=O)O.[O-][I+2]([O-])O. The topological polar surface area (TPSA) is 198 Å². The molecular formula is C6H9IO10. The highest BCUT2D eigenvalue weighted by atomic mass is 127. The minimum absolute atomic E-state index is 1.14. The van der Waals surface area contributed by atoms with Crippen molar-refractivity contribution >= 4 is 17.9 Å². The highest BCUT2D eigenvalue weighted by molar-refractivity contribution is 5.88. The summed E-state index contributed by atoms with van der Waals surface area (Å²) in [5.74, 6) is -5.02. The summed E-state index contributed by atoms with van der Waals surface area (Å²) in [6.45, 7) is 0. The van der Waals surface area contributed by atoms with E-state index >= 15 is 0 Å². The number of aliphatic hydroxyl groups is 1. The van der Waals surface area contributed by atoms with Crippen LogP contribution in [0.15, 0.2) is 0 Å². The summed E-state index contributed by atoms with van der Waals surface area (Å²) in [6, 6.07) is 0. The average Bonchev–Trinajstić information content (AvgIpc) is 1.98. The van der Waals surface area contributed by atoms with Gasteiger partial charge in [0.05, 0.1) is 12.8 Å². The molecular weight excluding hydrogens is 359 g/mol. The zero-order chi connectivity index (χ0) is 14.2. The number of rotatable bonds is 5. The number of carbonyl (C=O) groups is 3. The molecule has 0 aliphatic heterocycles. The van der Waals surface area contributed by atoms with E-state index in [1.165, 1.54) is 0 Å². The first-order valence-electron chi connectivity index (χ1n) is 3.65. The maximum Gasteiger partial charge on any atom is 0.503 e. The average molecular weight is 368 g/mol. The Balaban J connectivity index is 0. The van der Waals surface area contributed by atoms with Gasteiger partial charge in [-0.05, 0) is 3.44 Å². The van der Waals surface area contributed by atoms with Crippen molar-refractivity contribution < 1.29 is 66.2 Å². The van der Waals surface area contributed by atoms with Gasteiger partial charge >= 0.3 is 39.0 Å². The van der Waals surface area contributed by atoms with Crippen LogP contribution in [0.1, 0.15) is 12.8 Å². The third kappa shape index (κ3) is 11.2. The number of aliphatic carboxylic acids is 3. The van der Waals surface area contributed by atoms with Crippen LogP contribution in [0.25, 0.3) is 0 Å². The van der Waals surface area contributed by atoms with Gasteiger partial charge in [0.2, 0.25) is 0 Å². The standard InChI is InChI=1S/C6H8O7.HIO3/c7-3(8)1-6(13,5(11)12)2-4(9)10;2-1(3)4/h13H,1-2H2,(H,7,8)(H,9,10)(H,11,12);2H. The molecule has 0 aliphatic carbocycles. The normalized spacial score (nSPS) is 10.4. The van der Waals surface area contributed by atoms with Crippen LogP contribution in [0.5, 0.6) is 0 Å². The fraction of sp³-hybridized carbons (Fsp3) is 0.500. The molecule has 100 valence electrons. The maximum absolute atomic E-state index is 10.3. The number of carboxylic acids is 3. The Labute approximate surface area is 103 Å². The monoisotopic (exact) mass is 368 g/mol. The van der Waals surface area contributed by atoms with Gasteiger partial charge in [-0.2, -0.15) is 0 Å². The lowest BCUT2D eigenvalue weighted by Crippen LogP contribution is -3.98. The van der Waals surface area contributed by atoms with Gasteiger partial charge in [-0.25, -0.2) is 4.79 Å². The van der Waals surface area contributed by atoms with E-state index < -0.39 is 57.4 Å². The Morgan fingerprint density at radius 1 is 1.00 bits per heavy atom. The van der Waals surface area contributed by atoms with Crippen LogP contribution < -0.4 is 27.9 Å². The highest BCUT2D eigenvalue weighted by Crippen LogP contribution is 2.15. The van der Waals surface area contributed by atoms with Crippen molar-refractivity contribution in [3.05, 3.63) is 0 Å². The second-order valence-electron chi connectivity index (χ2n) is 2.68. The summed E-state index contributed by atoms with van der Waals surface area (Å²) in [5, 5.41) is 33.8. The summed E-state index contributed by atoms with van der Waals surface area (Å²) in [5.41, 5.74) is -2.74. The van der Waals surface area contributed by atoms with Crippen LogP contribution in [0, 0.1) is 0 Å². The summed E-state index contributed by atoms with van der Waals surface area (Å²) in [4.78, 5) is 30.5. The molecule has 11 heteroatoms. The lowest BCUT2D eigenvalue weighted by molar-refractivity contribution is -1.63. The van der Waals surface area contributed by atoms with Crippen molar-refractivity contribution in [1.29, 1.82) is 0 Å². The Hall–Kier alpha value is -1.02. The molecule has 0 spiro atoms. The van der Waals surface area contributed by atoms with Gasteiger partial charge in [0.25, 0.3) is 0 Å². The minimum atomic E-state index is -3.76. The molecule has 0 aromatic rings. The van der Waals surface area contributed by atoms with Crippen molar-refractivity contribution in [3.8, 4) is 0 Å². The second kappa shape index (κ2) is 8.13. The van der Waals surface area contributed by atoms with Crippen LogP contribution in [-0.4, -0.2) is 47.4 Å². The first-order valence-corrected chi connectivity index (χ1v) is 6.38. The van der Waals surface area contributed by atoms with Gasteiger partial charge in [-0.1, -0.05) is 0 Å². The van der Waals surface area contributed by atoms with Gasteiger partial charge in [0.1, 0.15) is 0 Å². The third-order valence-corrected chi connectivity index (χ3v) is 1.29. The van der Waals surface area contributed by atoms with E-state index in [-0.39, 0.29) is 0 Å². The minimum Gasteiger partial charge on any atom is -0.481 e. The Bertz CT molecular complexity index is 268. The molecule has 0 unspecified atom stereocenters. The Morgan fingerprint density at radius 2 is 1.24 bits per heavy atom. The number of halogens is 1. The summed E-state index contributed by atoms with van der Waals surface area (Å²) in [7, 11) is 0. The van der Waals surface area contributed by atoms with Crippen molar-refractivity contribution in [2.45, 2.75) is 18.4 Å². The van der Waals surface area contributed by atoms with Crippen LogP contribution in [0.3, 0.4) is 0 Å². The number of hydrogen-bond acceptors (Lipinski definition) is 7.